The molecule has 1 unspecified atom stereocenters. The molecule has 0 radical (unpaired) electrons. The largest absolute Gasteiger partial charge is 0.490 e. The van der Waals surface area contributed by atoms with Gasteiger partial charge in [0, 0.05) is 51.1 Å². The number of hydrogen-bond acceptors (Lipinski definition) is 6. The minimum Gasteiger partial charge on any atom is -0.490 e. The molecule has 1 spiro atoms. The molecule has 3 heterocycles. The van der Waals surface area contributed by atoms with E-state index >= 15 is 0 Å². The summed E-state index contributed by atoms with van der Waals surface area (Å²) >= 11 is 6.42. The van der Waals surface area contributed by atoms with E-state index < -0.39 is 9.71 Å². The maximum Gasteiger partial charge on any atom is 0.262 e. The summed E-state index contributed by atoms with van der Waals surface area (Å²) in [6.45, 7) is 5.34. The van der Waals surface area contributed by atoms with Crippen molar-refractivity contribution in [1.82, 2.24) is 4.72 Å². The normalized spacial score (nSPS) is 36.5. The monoisotopic (exact) mass is 612 g/mol. The van der Waals surface area contributed by atoms with Gasteiger partial charge in [-0.1, -0.05) is 24.6 Å². The molecule has 7 nitrogen and oxygen atoms in total. The van der Waals surface area contributed by atoms with Crippen molar-refractivity contribution >= 4 is 38.8 Å². The Bertz CT molecular complexity index is 1480. The van der Waals surface area contributed by atoms with Crippen molar-refractivity contribution < 1.29 is 23.2 Å². The lowest BCUT2D eigenvalue weighted by atomic mass is 9.67. The fraction of sp³-hybridized carbons (Fsp3) is 0.576. The third-order valence-corrected chi connectivity index (χ3v) is 12.0. The van der Waals surface area contributed by atoms with E-state index in [0.29, 0.717) is 37.2 Å². The lowest BCUT2D eigenvalue weighted by Crippen LogP contribution is -2.51. The molecule has 5 aliphatic rings. The van der Waals surface area contributed by atoms with Gasteiger partial charge in [0.25, 0.3) is 5.91 Å². The van der Waals surface area contributed by atoms with Crippen molar-refractivity contribution in [3.63, 3.8) is 0 Å². The van der Waals surface area contributed by atoms with Crippen LogP contribution in [0.5, 0.6) is 5.75 Å². The molecule has 7 rings (SSSR count). The second kappa shape index (κ2) is 11.0. The number of hydrogen-bond donors (Lipinski definition) is 1. The zero-order valence-electron chi connectivity index (χ0n) is 24.3. The lowest BCUT2D eigenvalue weighted by molar-refractivity contribution is -0.139. The minimum absolute atomic E-state index is 0.0450. The SMILES string of the molecule is C=S1(=O)CCO[C@@H]2C[C@H](OC[C@H]2C)[C@@H]2CC[C@H]2CN2C[C@@]3(CCCc4cc(Cl)ccc43)COc3ccc(cc32)C(=O)N1. The predicted molar refractivity (Wildman–Crippen MR) is 167 cm³/mol. The number of ether oxygens (including phenoxy) is 3. The van der Waals surface area contributed by atoms with Crippen LogP contribution in [0.25, 0.3) is 0 Å². The molecule has 2 fully saturated rings. The van der Waals surface area contributed by atoms with E-state index in [0.717, 1.165) is 68.1 Å². The van der Waals surface area contributed by atoms with Crippen LogP contribution in [0.2, 0.25) is 5.02 Å². The number of anilines is 1. The maximum atomic E-state index is 13.4. The molecular formula is C33H41ClN2O5S. The second-order valence-electron chi connectivity index (χ2n) is 13.2. The molecule has 2 aromatic rings. The van der Waals surface area contributed by atoms with Crippen molar-refractivity contribution in [3.05, 3.63) is 58.1 Å². The van der Waals surface area contributed by atoms with Gasteiger partial charge in [-0.05, 0) is 91.3 Å². The Morgan fingerprint density at radius 2 is 2.02 bits per heavy atom. The first-order valence-corrected chi connectivity index (χ1v) is 17.7. The van der Waals surface area contributed by atoms with Crippen LogP contribution in [0, 0.1) is 17.8 Å². The smallest absolute Gasteiger partial charge is 0.262 e. The van der Waals surface area contributed by atoms with Gasteiger partial charge in [-0.3, -0.25) is 9.52 Å². The number of carbonyl (C=O) groups excluding carboxylic acids is 1. The zero-order valence-corrected chi connectivity index (χ0v) is 25.9. The Morgan fingerprint density at radius 3 is 2.86 bits per heavy atom. The zero-order chi connectivity index (χ0) is 29.1. The number of halogens is 1. The third kappa shape index (κ3) is 5.33. The van der Waals surface area contributed by atoms with Gasteiger partial charge in [-0.25, -0.2) is 4.21 Å². The molecule has 4 bridgehead atoms. The van der Waals surface area contributed by atoms with Gasteiger partial charge in [0.15, 0.2) is 0 Å². The Balaban J connectivity index is 1.28. The van der Waals surface area contributed by atoms with Crippen LogP contribution in [0.1, 0.15) is 60.5 Å². The van der Waals surface area contributed by atoms with Crippen molar-refractivity contribution in [3.8, 4) is 5.75 Å². The highest BCUT2D eigenvalue weighted by Gasteiger charge is 2.46. The molecule has 2 aromatic carbocycles. The molecule has 0 aromatic heterocycles. The first-order valence-electron chi connectivity index (χ1n) is 15.4. The van der Waals surface area contributed by atoms with Crippen LogP contribution in [0.15, 0.2) is 36.4 Å². The Labute approximate surface area is 254 Å². The highest BCUT2D eigenvalue weighted by atomic mass is 35.5. The van der Waals surface area contributed by atoms with E-state index in [9.17, 15) is 9.00 Å². The molecule has 9 heteroatoms. The van der Waals surface area contributed by atoms with Gasteiger partial charge in [0.05, 0.1) is 43.5 Å². The molecule has 7 atom stereocenters. The average molecular weight is 613 g/mol. The molecular weight excluding hydrogens is 572 g/mol. The summed E-state index contributed by atoms with van der Waals surface area (Å²) < 4.78 is 35.3. The van der Waals surface area contributed by atoms with Crippen LogP contribution < -0.4 is 14.4 Å². The summed E-state index contributed by atoms with van der Waals surface area (Å²) in [5, 5.41) is 0.771. The number of benzene rings is 2. The lowest BCUT2D eigenvalue weighted by Gasteiger charge is -2.48. The first kappa shape index (κ1) is 28.5. The number of amides is 1. The van der Waals surface area contributed by atoms with E-state index in [1.807, 2.05) is 18.2 Å². The molecule has 2 aliphatic carbocycles. The Morgan fingerprint density at radius 1 is 1.14 bits per heavy atom. The predicted octanol–water partition coefficient (Wildman–Crippen LogP) is 5.02. The molecule has 42 heavy (non-hydrogen) atoms. The molecule has 1 amide bonds. The maximum absolute atomic E-state index is 13.4. The van der Waals surface area contributed by atoms with Crippen LogP contribution in [0.4, 0.5) is 5.69 Å². The van der Waals surface area contributed by atoms with E-state index in [-0.39, 0.29) is 35.2 Å². The number of aryl methyl sites for hydroxylation is 1. The summed E-state index contributed by atoms with van der Waals surface area (Å²) in [5.41, 5.74) is 3.82. The summed E-state index contributed by atoms with van der Waals surface area (Å²) in [6, 6.07) is 11.9. The number of nitrogens with one attached hydrogen (secondary N) is 1. The van der Waals surface area contributed by atoms with Crippen molar-refractivity contribution in [1.29, 1.82) is 0 Å². The van der Waals surface area contributed by atoms with Crippen LogP contribution in [-0.4, -0.2) is 66.9 Å². The summed E-state index contributed by atoms with van der Waals surface area (Å²) in [7, 11) is -2.87. The fourth-order valence-corrected chi connectivity index (χ4v) is 9.02. The highest BCUT2D eigenvalue weighted by molar-refractivity contribution is 7.99. The fourth-order valence-electron chi connectivity index (χ4n) is 7.91. The van der Waals surface area contributed by atoms with E-state index in [1.54, 1.807) is 6.07 Å². The summed E-state index contributed by atoms with van der Waals surface area (Å²) in [5.74, 6) is 5.63. The Kier molecular flexibility index (Phi) is 7.48. The standard InChI is InChI=1S/C33H41ClN2O5S/c1-21-18-40-31-16-30(21)39-12-13-42(2,38)35-32(37)23-6-10-29-28(15-23)36(17-24-5-8-26(24)31)19-33(20-41-29)11-3-4-22-14-25(34)7-9-27(22)33/h6-7,9-10,14-15,21,24,26,30-31H,2-5,8,11-13,16-20H2,1H3,(H,35,37,38)/t21-,24+,26-,30-,31+,33+,42?/m1/s1. The first-order chi connectivity index (χ1) is 20.2. The summed E-state index contributed by atoms with van der Waals surface area (Å²) in [6.07, 6.45) is 6.47. The summed E-state index contributed by atoms with van der Waals surface area (Å²) in [4.78, 5) is 15.8. The molecule has 226 valence electrons. The number of rotatable bonds is 0. The van der Waals surface area contributed by atoms with Crippen LogP contribution in [-0.2, 0) is 31.0 Å². The molecule has 1 saturated heterocycles. The van der Waals surface area contributed by atoms with Crippen molar-refractivity contribution in [2.75, 3.05) is 43.6 Å². The average Bonchev–Trinajstić information content (AvgIpc) is 3.09. The minimum atomic E-state index is -2.87. The quantitative estimate of drug-likeness (QED) is 0.421. The van der Waals surface area contributed by atoms with Crippen molar-refractivity contribution in [2.45, 2.75) is 63.1 Å². The molecule has 3 aliphatic heterocycles. The third-order valence-electron chi connectivity index (χ3n) is 10.4. The molecule has 1 N–H and O–H groups in total. The van der Waals surface area contributed by atoms with Gasteiger partial charge in [-0.2, -0.15) is 0 Å². The van der Waals surface area contributed by atoms with Crippen LogP contribution >= 0.6 is 11.6 Å². The van der Waals surface area contributed by atoms with Crippen LogP contribution in [0.3, 0.4) is 0 Å². The number of fused-ring (bicyclic) bond motifs is 7. The van der Waals surface area contributed by atoms with Gasteiger partial charge in [0.1, 0.15) is 5.75 Å². The topological polar surface area (TPSA) is 77.1 Å². The highest BCUT2D eigenvalue weighted by Crippen LogP contribution is 2.47. The second-order valence-corrected chi connectivity index (χ2v) is 15.9. The van der Waals surface area contributed by atoms with E-state index in [4.69, 9.17) is 25.8 Å². The van der Waals surface area contributed by atoms with Crippen molar-refractivity contribution in [2.24, 2.45) is 17.8 Å². The molecule has 1 saturated carbocycles. The number of nitrogens with zero attached hydrogens (tertiary/aromatic N) is 1. The van der Waals surface area contributed by atoms with E-state index in [1.165, 1.54) is 11.1 Å². The van der Waals surface area contributed by atoms with Gasteiger partial charge in [-0.15, -0.1) is 0 Å². The Hall–Kier alpha value is -2.26. The van der Waals surface area contributed by atoms with E-state index in [2.05, 4.69) is 34.5 Å². The van der Waals surface area contributed by atoms with Gasteiger partial charge >= 0.3 is 0 Å². The number of carbonyl (C=O) groups is 1. The van der Waals surface area contributed by atoms with Gasteiger partial charge in [0.2, 0.25) is 0 Å². The van der Waals surface area contributed by atoms with Gasteiger partial charge < -0.3 is 19.1 Å².